The minimum Gasteiger partial charge on any atom is -0.391 e. The molecule has 3 rings (SSSR count). The fourth-order valence-corrected chi connectivity index (χ4v) is 2.88. The predicted molar refractivity (Wildman–Crippen MR) is 86.0 cm³/mol. The number of benzene rings is 2. The van der Waals surface area contributed by atoms with Gasteiger partial charge in [0.25, 0.3) is 0 Å². The maximum atomic E-state index is 14.1. The molecule has 2 aromatic carbocycles. The second-order valence-electron chi connectivity index (χ2n) is 4.60. The third kappa shape index (κ3) is 2.67. The Labute approximate surface area is 139 Å². The second-order valence-corrected chi connectivity index (χ2v) is 5.93. The normalized spacial score (nSPS) is 10.9. The average Bonchev–Trinajstić information content (AvgIpc) is 2.90. The van der Waals surface area contributed by atoms with Crippen LogP contribution in [-0.2, 0) is 6.61 Å². The van der Waals surface area contributed by atoms with Crippen molar-refractivity contribution < 1.29 is 14.0 Å². The highest BCUT2D eigenvalue weighted by Crippen LogP contribution is 2.37. The number of rotatable bonds is 3. The van der Waals surface area contributed by atoms with Crippen LogP contribution in [0.5, 0.6) is 0 Å². The first-order valence-corrected chi connectivity index (χ1v) is 7.58. The molecule has 3 aromatic rings. The van der Waals surface area contributed by atoms with Gasteiger partial charge in [-0.1, -0.05) is 50.9 Å². The summed E-state index contributed by atoms with van der Waals surface area (Å²) in [6, 6.07) is 11.7. The zero-order valence-corrected chi connectivity index (χ0v) is 13.5. The Morgan fingerprint density at radius 2 is 2.00 bits per heavy atom. The second kappa shape index (κ2) is 6.20. The summed E-state index contributed by atoms with van der Waals surface area (Å²) in [6.07, 6.45) is 0. The lowest BCUT2D eigenvalue weighted by atomic mass is 10.0. The lowest BCUT2D eigenvalue weighted by molar-refractivity contribution is 0.281. The number of hydrogen-bond donors (Lipinski definition) is 1. The Kier molecular flexibility index (Phi) is 4.29. The molecule has 1 aromatic heterocycles. The Balaban J connectivity index is 2.20. The summed E-state index contributed by atoms with van der Waals surface area (Å²) in [5.74, 6) is -0.130. The van der Waals surface area contributed by atoms with E-state index >= 15 is 0 Å². The lowest BCUT2D eigenvalue weighted by Crippen LogP contribution is -1.92. The highest BCUT2D eigenvalue weighted by atomic mass is 79.9. The van der Waals surface area contributed by atoms with E-state index in [0.29, 0.717) is 11.3 Å². The summed E-state index contributed by atoms with van der Waals surface area (Å²) in [6.45, 7) is -0.342. The van der Waals surface area contributed by atoms with E-state index < -0.39 is 5.82 Å². The van der Waals surface area contributed by atoms with Crippen LogP contribution in [0.2, 0.25) is 5.02 Å². The van der Waals surface area contributed by atoms with Crippen LogP contribution in [0.1, 0.15) is 5.56 Å². The van der Waals surface area contributed by atoms with Gasteiger partial charge in [0, 0.05) is 10.0 Å². The standard InChI is InChI=1S/C16H10BrClFNO2/c17-10-4-1-3-9(7-10)16-11(8-21)15(20-22-16)14-12(18)5-2-6-13(14)19/h1-7,21H,8H2. The zero-order valence-electron chi connectivity index (χ0n) is 11.2. The predicted octanol–water partition coefficient (Wildman–Crippen LogP) is 5.06. The molecule has 0 unspecified atom stereocenters. The van der Waals surface area contributed by atoms with Gasteiger partial charge in [0.15, 0.2) is 5.76 Å². The van der Waals surface area contributed by atoms with E-state index in [1.807, 2.05) is 24.3 Å². The van der Waals surface area contributed by atoms with Crippen LogP contribution in [0.3, 0.4) is 0 Å². The Morgan fingerprint density at radius 1 is 1.23 bits per heavy atom. The fraction of sp³-hybridized carbons (Fsp3) is 0.0625. The van der Waals surface area contributed by atoms with Crippen molar-refractivity contribution in [2.24, 2.45) is 0 Å². The smallest absolute Gasteiger partial charge is 0.173 e. The number of aliphatic hydroxyl groups is 1. The molecule has 0 radical (unpaired) electrons. The zero-order chi connectivity index (χ0) is 15.7. The van der Waals surface area contributed by atoms with Gasteiger partial charge in [-0.3, -0.25) is 0 Å². The van der Waals surface area contributed by atoms with E-state index in [9.17, 15) is 9.50 Å². The number of aromatic nitrogens is 1. The quantitative estimate of drug-likeness (QED) is 0.689. The first-order chi connectivity index (χ1) is 10.6. The van der Waals surface area contributed by atoms with Crippen LogP contribution in [0, 0.1) is 5.82 Å². The van der Waals surface area contributed by atoms with Gasteiger partial charge in [-0.25, -0.2) is 4.39 Å². The van der Waals surface area contributed by atoms with Crippen molar-refractivity contribution in [1.82, 2.24) is 5.16 Å². The minimum atomic E-state index is -0.517. The first kappa shape index (κ1) is 15.2. The summed E-state index contributed by atoms with van der Waals surface area (Å²) in [7, 11) is 0. The van der Waals surface area contributed by atoms with Gasteiger partial charge in [0.2, 0.25) is 0 Å². The molecule has 0 atom stereocenters. The van der Waals surface area contributed by atoms with Crippen LogP contribution in [0.4, 0.5) is 4.39 Å². The van der Waals surface area contributed by atoms with Crippen molar-refractivity contribution in [2.75, 3.05) is 0 Å². The van der Waals surface area contributed by atoms with Gasteiger partial charge in [-0.15, -0.1) is 0 Å². The molecular formula is C16H10BrClFNO2. The van der Waals surface area contributed by atoms with Crippen molar-refractivity contribution in [2.45, 2.75) is 6.61 Å². The van der Waals surface area contributed by atoms with E-state index in [-0.39, 0.29) is 22.9 Å². The van der Waals surface area contributed by atoms with Crippen LogP contribution in [-0.4, -0.2) is 10.3 Å². The third-order valence-corrected chi connectivity index (χ3v) is 4.04. The molecular weight excluding hydrogens is 373 g/mol. The molecule has 0 spiro atoms. The van der Waals surface area contributed by atoms with E-state index in [0.717, 1.165) is 10.0 Å². The molecule has 1 heterocycles. The Bertz CT molecular complexity index is 815. The minimum absolute atomic E-state index is 0.123. The van der Waals surface area contributed by atoms with Crippen molar-refractivity contribution in [3.05, 3.63) is 63.3 Å². The molecule has 0 fully saturated rings. The van der Waals surface area contributed by atoms with Crippen LogP contribution < -0.4 is 0 Å². The van der Waals surface area contributed by atoms with Gasteiger partial charge in [0.05, 0.1) is 22.8 Å². The van der Waals surface area contributed by atoms with Crippen LogP contribution >= 0.6 is 27.5 Å². The van der Waals surface area contributed by atoms with Gasteiger partial charge < -0.3 is 9.63 Å². The van der Waals surface area contributed by atoms with Gasteiger partial charge >= 0.3 is 0 Å². The number of hydrogen-bond acceptors (Lipinski definition) is 3. The number of halogens is 3. The summed E-state index contributed by atoms with van der Waals surface area (Å²) < 4.78 is 20.3. The molecule has 112 valence electrons. The third-order valence-electron chi connectivity index (χ3n) is 3.23. The van der Waals surface area contributed by atoms with E-state index in [2.05, 4.69) is 21.1 Å². The maximum absolute atomic E-state index is 14.1. The largest absolute Gasteiger partial charge is 0.391 e. The van der Waals surface area contributed by atoms with Gasteiger partial charge in [-0.05, 0) is 24.3 Å². The van der Waals surface area contributed by atoms with Crippen molar-refractivity contribution in [3.63, 3.8) is 0 Å². The number of nitrogens with zero attached hydrogens (tertiary/aromatic N) is 1. The average molecular weight is 383 g/mol. The number of aliphatic hydroxyl groups excluding tert-OH is 1. The Hall–Kier alpha value is -1.69. The van der Waals surface area contributed by atoms with E-state index in [4.69, 9.17) is 16.1 Å². The molecule has 0 saturated heterocycles. The van der Waals surface area contributed by atoms with Crippen molar-refractivity contribution in [1.29, 1.82) is 0 Å². The van der Waals surface area contributed by atoms with Gasteiger partial charge in [-0.2, -0.15) is 0 Å². The molecule has 3 nitrogen and oxygen atoms in total. The maximum Gasteiger partial charge on any atom is 0.173 e. The SMILES string of the molecule is OCc1c(-c2c(F)cccc2Cl)noc1-c1cccc(Br)c1. The van der Waals surface area contributed by atoms with E-state index in [1.165, 1.54) is 12.1 Å². The summed E-state index contributed by atoms with van der Waals surface area (Å²) in [5, 5.41) is 13.8. The lowest BCUT2D eigenvalue weighted by Gasteiger charge is -2.05. The molecule has 22 heavy (non-hydrogen) atoms. The molecule has 0 bridgehead atoms. The fourth-order valence-electron chi connectivity index (χ4n) is 2.23. The Morgan fingerprint density at radius 3 is 2.68 bits per heavy atom. The summed E-state index contributed by atoms with van der Waals surface area (Å²) in [5.41, 5.74) is 1.45. The van der Waals surface area contributed by atoms with Crippen LogP contribution in [0.15, 0.2) is 51.5 Å². The first-order valence-electron chi connectivity index (χ1n) is 6.41. The summed E-state index contributed by atoms with van der Waals surface area (Å²) >= 11 is 9.44. The molecule has 0 amide bonds. The molecule has 1 N–H and O–H groups in total. The highest BCUT2D eigenvalue weighted by Gasteiger charge is 2.22. The topological polar surface area (TPSA) is 46.3 Å². The van der Waals surface area contributed by atoms with E-state index in [1.54, 1.807) is 6.07 Å². The van der Waals surface area contributed by atoms with Crippen molar-refractivity contribution in [3.8, 4) is 22.6 Å². The summed E-state index contributed by atoms with van der Waals surface area (Å²) in [4.78, 5) is 0. The molecule has 0 aliphatic carbocycles. The van der Waals surface area contributed by atoms with Crippen LogP contribution in [0.25, 0.3) is 22.6 Å². The monoisotopic (exact) mass is 381 g/mol. The van der Waals surface area contributed by atoms with Crippen molar-refractivity contribution >= 4 is 27.5 Å². The molecule has 6 heteroatoms. The van der Waals surface area contributed by atoms with Gasteiger partial charge in [0.1, 0.15) is 11.5 Å². The highest BCUT2D eigenvalue weighted by molar-refractivity contribution is 9.10. The molecule has 0 saturated carbocycles. The molecule has 0 aliphatic heterocycles. The molecule has 0 aliphatic rings.